The highest BCUT2D eigenvalue weighted by atomic mass is 33.9. The molecule has 0 heterocycles. The molecule has 0 saturated heterocycles. The summed E-state index contributed by atoms with van der Waals surface area (Å²) in [6.45, 7) is -2.15. The van der Waals surface area contributed by atoms with Crippen molar-refractivity contribution in [2.24, 2.45) is 0 Å². The lowest BCUT2D eigenvalue weighted by Crippen LogP contribution is -1.87. The van der Waals surface area contributed by atoms with Gasteiger partial charge in [0.15, 0.2) is 0 Å². The Balaban J connectivity index is 3.61. The van der Waals surface area contributed by atoms with Gasteiger partial charge in [-0.3, -0.25) is 0 Å². The molecular weight excluding hydrogens is 256 g/mol. The van der Waals surface area contributed by atoms with Gasteiger partial charge in [0.05, 0.1) is 0 Å². The zero-order valence-electron chi connectivity index (χ0n) is 3.75. The zero-order valence-corrected chi connectivity index (χ0v) is 9.55. The van der Waals surface area contributed by atoms with E-state index in [4.69, 9.17) is 5.26 Å². The topological polar surface area (TPSA) is 29.5 Å². The van der Waals surface area contributed by atoms with Crippen LogP contribution < -0.4 is 0 Å². The van der Waals surface area contributed by atoms with E-state index in [-0.39, 0.29) is 0 Å². The Kier molecular flexibility index (Phi) is 7.06. The Morgan fingerprint density at radius 1 is 1.56 bits per heavy atom. The van der Waals surface area contributed by atoms with Crippen LogP contribution in [0.15, 0.2) is 0 Å². The molecule has 0 unspecified atom stereocenters. The summed E-state index contributed by atoms with van der Waals surface area (Å²) < 4.78 is 3.85. The fourth-order valence-electron chi connectivity index (χ4n) is 0.0589. The van der Waals surface area contributed by atoms with Crippen molar-refractivity contribution in [2.75, 3.05) is 0 Å². The molecule has 9 heteroatoms. The van der Waals surface area contributed by atoms with Crippen LogP contribution in [0.2, 0.25) is 0 Å². The first-order valence-electron chi connectivity index (χ1n) is 1.37. The molecule has 0 aliphatic heterocycles. The molecule has 0 bridgehead atoms. The maximum atomic E-state index is 8.08. The fourth-order valence-corrected chi connectivity index (χ4v) is 9.78. The minimum absolute atomic E-state index is 1.12. The molecule has 0 aliphatic rings. The van der Waals surface area contributed by atoms with Gasteiger partial charge >= 0.3 is 0 Å². The van der Waals surface area contributed by atoms with Crippen LogP contribution in [0.5, 0.6) is 0 Å². The average molecular weight is 258 g/mol. The lowest BCUT2D eigenvalue weighted by Gasteiger charge is -1.99. The first-order chi connectivity index (χ1) is 4.12. The average Bonchev–Trinajstić information content (AvgIpc) is 1.84. The summed E-state index contributed by atoms with van der Waals surface area (Å²) in [5.41, 5.74) is 0. The van der Waals surface area contributed by atoms with E-state index in [1.807, 2.05) is 0 Å². The van der Waals surface area contributed by atoms with E-state index in [2.05, 4.69) is 38.4 Å². The molecule has 1 N–H and O–H groups in total. The van der Waals surface area contributed by atoms with Crippen molar-refractivity contribution in [3.63, 3.8) is 0 Å². The monoisotopic (exact) mass is 258 g/mol. The molecule has 0 aromatic heterocycles. The van der Waals surface area contributed by atoms with Crippen LogP contribution in [-0.2, 0) is 33.2 Å². The minimum atomic E-state index is -2.15. The number of hydrogen-bond acceptors (Lipinski definition) is 8. The molecule has 0 amide bonds. The van der Waals surface area contributed by atoms with Crippen LogP contribution in [0, 0.1) is 0 Å². The standard InChI is InChI=1S/H2O2S7/c1-2-9(4,5)8-7-6-3/h1,3H. The summed E-state index contributed by atoms with van der Waals surface area (Å²) >= 11 is 13.1. The highest BCUT2D eigenvalue weighted by Crippen LogP contribution is 2.41. The number of rotatable bonds is 4. The fraction of sp³-hybridized carbons (Fsp3) is 0. The smallest absolute Gasteiger partial charge is 0.115 e. The van der Waals surface area contributed by atoms with Gasteiger partial charge in [0, 0.05) is 19.7 Å². The maximum absolute atomic E-state index is 8.08. The van der Waals surface area contributed by atoms with Gasteiger partial charge in [-0.05, 0) is 32.2 Å². The van der Waals surface area contributed by atoms with E-state index < -0.39 is 6.46 Å². The Labute approximate surface area is 78.8 Å². The van der Waals surface area contributed by atoms with Crippen LogP contribution in [0.3, 0.4) is 0 Å². The van der Waals surface area contributed by atoms with Crippen molar-refractivity contribution in [1.29, 1.82) is 0 Å². The van der Waals surface area contributed by atoms with Crippen LogP contribution >= 0.6 is 41.1 Å². The number of thiol groups is 1. The molecule has 56 valence electrons. The minimum Gasteiger partial charge on any atom is -0.238 e. The molecule has 0 aromatic carbocycles. The summed E-state index contributed by atoms with van der Waals surface area (Å²) in [7, 11) is 3.62. The van der Waals surface area contributed by atoms with Crippen LogP contribution in [0.4, 0.5) is 0 Å². The van der Waals surface area contributed by atoms with Crippen LogP contribution in [0.1, 0.15) is 0 Å². The van der Waals surface area contributed by atoms with Crippen molar-refractivity contribution in [2.45, 2.75) is 0 Å². The predicted molar refractivity (Wildman–Crippen MR) is 57.6 cm³/mol. The van der Waals surface area contributed by atoms with E-state index in [0.717, 1.165) is 9.83 Å². The van der Waals surface area contributed by atoms with Crippen molar-refractivity contribution in [3.8, 4) is 0 Å². The van der Waals surface area contributed by atoms with Crippen molar-refractivity contribution >= 4 is 70.0 Å². The summed E-state index contributed by atoms with van der Waals surface area (Å²) in [4.78, 5) is 0. The normalized spacial score (nSPS) is 11.8. The van der Waals surface area contributed by atoms with Gasteiger partial charge in [0.1, 0.15) is 6.46 Å². The lowest BCUT2D eigenvalue weighted by atomic mass is 15.0. The first-order valence-corrected chi connectivity index (χ1v) is 9.83. The molecule has 0 aliphatic carbocycles. The molecule has 0 fully saturated rings. The lowest BCUT2D eigenvalue weighted by molar-refractivity contribution is -0.117. The van der Waals surface area contributed by atoms with Crippen molar-refractivity contribution < 1.29 is 9.59 Å². The summed E-state index contributed by atoms with van der Waals surface area (Å²) in [5, 5.41) is 8.08. The van der Waals surface area contributed by atoms with E-state index in [1.165, 1.54) is 19.7 Å². The maximum Gasteiger partial charge on any atom is 0.115 e. The summed E-state index contributed by atoms with van der Waals surface area (Å²) in [6, 6.07) is 0. The molecule has 9 heavy (non-hydrogen) atoms. The van der Waals surface area contributed by atoms with E-state index in [0.29, 0.717) is 0 Å². The second-order valence-corrected chi connectivity index (χ2v) is 13.3. The zero-order chi connectivity index (χ0) is 7.33. The molecular formula is H2O2S7. The molecule has 0 aromatic rings. The van der Waals surface area contributed by atoms with Gasteiger partial charge in [-0.25, -0.2) is 5.26 Å². The third-order valence-electron chi connectivity index (χ3n) is 0.233. The SMILES string of the molecule is OOS(=S)(=S)SSSS. The molecule has 0 spiro atoms. The van der Waals surface area contributed by atoms with Crippen LogP contribution in [-0.4, -0.2) is 5.26 Å². The largest absolute Gasteiger partial charge is 0.238 e. The second kappa shape index (κ2) is 5.72. The van der Waals surface area contributed by atoms with Gasteiger partial charge in [-0.2, -0.15) is 0 Å². The molecule has 0 saturated carbocycles. The molecule has 0 rings (SSSR count). The van der Waals surface area contributed by atoms with Gasteiger partial charge in [0.2, 0.25) is 0 Å². The van der Waals surface area contributed by atoms with E-state index in [1.54, 1.807) is 0 Å². The highest BCUT2D eigenvalue weighted by Gasteiger charge is 2.01. The second-order valence-electron chi connectivity index (χ2n) is 0.693. The van der Waals surface area contributed by atoms with Gasteiger partial charge in [0.25, 0.3) is 0 Å². The Bertz CT molecular complexity index is 142. The van der Waals surface area contributed by atoms with Gasteiger partial charge in [-0.1, -0.05) is 11.7 Å². The number of hydrogen-bond donors (Lipinski definition) is 2. The Morgan fingerprint density at radius 3 is 2.44 bits per heavy atom. The van der Waals surface area contributed by atoms with E-state index >= 15 is 0 Å². The summed E-state index contributed by atoms with van der Waals surface area (Å²) in [5.74, 6) is 0. The molecule has 0 atom stereocenters. The Hall–Kier alpha value is 2.11. The van der Waals surface area contributed by atoms with Gasteiger partial charge in [-0.15, -0.1) is 4.33 Å². The van der Waals surface area contributed by atoms with E-state index in [9.17, 15) is 0 Å². The Morgan fingerprint density at radius 2 is 2.11 bits per heavy atom. The third-order valence-corrected chi connectivity index (χ3v) is 10.8. The summed E-state index contributed by atoms with van der Waals surface area (Å²) in [6.07, 6.45) is 0. The predicted octanol–water partition coefficient (Wildman–Crippen LogP) is 2.26. The quantitative estimate of drug-likeness (QED) is 0.346. The third kappa shape index (κ3) is 6.51. The first kappa shape index (κ1) is 11.1. The van der Waals surface area contributed by atoms with Crippen LogP contribution in [0.25, 0.3) is 0 Å². The van der Waals surface area contributed by atoms with Crippen molar-refractivity contribution in [3.05, 3.63) is 0 Å². The molecule has 2 nitrogen and oxygen atoms in total. The highest BCUT2D eigenvalue weighted by molar-refractivity contribution is 9.37. The molecule has 0 radical (unpaired) electrons. The van der Waals surface area contributed by atoms with Gasteiger partial charge < -0.3 is 0 Å². The van der Waals surface area contributed by atoms with Crippen molar-refractivity contribution in [1.82, 2.24) is 0 Å².